The third kappa shape index (κ3) is 2.48. The molecule has 1 aliphatic rings. The van der Waals surface area contributed by atoms with E-state index in [1.807, 2.05) is 0 Å². The molecule has 2 N–H and O–H groups in total. The number of pyridine rings is 1. The van der Waals surface area contributed by atoms with Crippen molar-refractivity contribution in [2.75, 3.05) is 6.54 Å². The molecule has 1 fully saturated rings. The van der Waals surface area contributed by atoms with Crippen molar-refractivity contribution in [2.45, 2.75) is 25.1 Å². The predicted molar refractivity (Wildman–Crippen MR) is 63.1 cm³/mol. The van der Waals surface area contributed by atoms with Crippen LogP contribution in [-0.2, 0) is 9.59 Å². The number of amides is 2. The molecule has 1 aliphatic heterocycles. The Morgan fingerprint density at radius 1 is 1.67 bits per heavy atom. The first-order valence-electron chi connectivity index (χ1n) is 5.82. The highest BCUT2D eigenvalue weighted by molar-refractivity contribution is 5.82. The van der Waals surface area contributed by atoms with Gasteiger partial charge in [0.1, 0.15) is 6.17 Å². The molecule has 18 heavy (non-hydrogen) atoms. The van der Waals surface area contributed by atoms with Crippen LogP contribution in [0.1, 0.15) is 24.5 Å². The van der Waals surface area contributed by atoms with Gasteiger partial charge in [-0.3, -0.25) is 14.6 Å². The summed E-state index contributed by atoms with van der Waals surface area (Å²) in [5.41, 5.74) is 0.458. The van der Waals surface area contributed by atoms with Crippen molar-refractivity contribution >= 4 is 12.3 Å². The van der Waals surface area contributed by atoms with Gasteiger partial charge in [0.15, 0.2) is 6.10 Å². The van der Waals surface area contributed by atoms with E-state index in [2.05, 4.69) is 10.3 Å². The number of likely N-dealkylation sites (tertiary alicyclic amines) is 1. The van der Waals surface area contributed by atoms with E-state index >= 15 is 0 Å². The zero-order valence-corrected chi connectivity index (χ0v) is 9.82. The molecule has 0 radical (unpaired) electrons. The van der Waals surface area contributed by atoms with Crippen molar-refractivity contribution in [3.63, 3.8) is 0 Å². The molecule has 2 rings (SSSR count). The van der Waals surface area contributed by atoms with Crippen LogP contribution in [0.2, 0.25) is 0 Å². The minimum absolute atomic E-state index is 0.318. The Morgan fingerprint density at radius 3 is 3.17 bits per heavy atom. The van der Waals surface area contributed by atoms with Crippen molar-refractivity contribution in [3.05, 3.63) is 30.1 Å². The lowest BCUT2D eigenvalue weighted by Crippen LogP contribution is -2.46. The molecule has 0 saturated carbocycles. The fourth-order valence-corrected chi connectivity index (χ4v) is 2.12. The summed E-state index contributed by atoms with van der Waals surface area (Å²) in [4.78, 5) is 27.9. The van der Waals surface area contributed by atoms with Crippen LogP contribution < -0.4 is 5.32 Å². The molecule has 96 valence electrons. The summed E-state index contributed by atoms with van der Waals surface area (Å²) >= 11 is 0. The molecule has 2 unspecified atom stereocenters. The maximum Gasteiger partial charge on any atom is 0.257 e. The minimum Gasteiger partial charge on any atom is -0.378 e. The van der Waals surface area contributed by atoms with E-state index < -0.39 is 12.0 Å². The summed E-state index contributed by atoms with van der Waals surface area (Å²) in [5.74, 6) is -0.403. The normalized spacial score (nSPS) is 20.5. The average molecular weight is 249 g/mol. The van der Waals surface area contributed by atoms with E-state index in [0.29, 0.717) is 24.9 Å². The Bertz CT molecular complexity index is 424. The zero-order chi connectivity index (χ0) is 13.0. The van der Waals surface area contributed by atoms with Crippen LogP contribution in [0.4, 0.5) is 0 Å². The van der Waals surface area contributed by atoms with Crippen molar-refractivity contribution < 1.29 is 14.7 Å². The molecule has 1 aromatic heterocycles. The van der Waals surface area contributed by atoms with Crippen LogP contribution in [0.3, 0.4) is 0 Å². The topological polar surface area (TPSA) is 82.5 Å². The second-order valence-corrected chi connectivity index (χ2v) is 4.16. The molecule has 1 saturated heterocycles. The smallest absolute Gasteiger partial charge is 0.257 e. The quantitative estimate of drug-likeness (QED) is 0.724. The molecule has 2 atom stereocenters. The van der Waals surface area contributed by atoms with E-state index in [4.69, 9.17) is 0 Å². The third-order valence-electron chi connectivity index (χ3n) is 3.03. The second-order valence-electron chi connectivity index (χ2n) is 4.16. The molecule has 0 bridgehead atoms. The SMILES string of the molecule is O=CNC1CCCN1C(=O)C(O)c1cccnc1. The van der Waals surface area contributed by atoms with Crippen LogP contribution >= 0.6 is 0 Å². The van der Waals surface area contributed by atoms with Crippen LogP contribution in [0.15, 0.2) is 24.5 Å². The Balaban J connectivity index is 2.09. The second kappa shape index (κ2) is 5.59. The van der Waals surface area contributed by atoms with Gasteiger partial charge in [-0.05, 0) is 18.9 Å². The Hall–Kier alpha value is -1.95. The molecule has 1 aromatic rings. The molecular weight excluding hydrogens is 234 g/mol. The van der Waals surface area contributed by atoms with Crippen LogP contribution in [-0.4, -0.2) is 40.0 Å². The highest BCUT2D eigenvalue weighted by Crippen LogP contribution is 2.21. The molecule has 0 spiro atoms. The Morgan fingerprint density at radius 2 is 2.50 bits per heavy atom. The highest BCUT2D eigenvalue weighted by Gasteiger charge is 2.32. The van der Waals surface area contributed by atoms with Gasteiger partial charge in [-0.1, -0.05) is 6.07 Å². The number of carbonyl (C=O) groups excluding carboxylic acids is 2. The molecule has 2 heterocycles. The van der Waals surface area contributed by atoms with Crippen molar-refractivity contribution in [1.29, 1.82) is 0 Å². The Labute approximate surface area is 105 Å². The first-order chi connectivity index (χ1) is 8.74. The lowest BCUT2D eigenvalue weighted by Gasteiger charge is -2.26. The van der Waals surface area contributed by atoms with Gasteiger partial charge in [0.05, 0.1) is 0 Å². The van der Waals surface area contributed by atoms with E-state index in [0.717, 1.165) is 6.42 Å². The largest absolute Gasteiger partial charge is 0.378 e. The molecule has 6 nitrogen and oxygen atoms in total. The number of aliphatic hydroxyl groups is 1. The average Bonchev–Trinajstić information content (AvgIpc) is 2.87. The summed E-state index contributed by atoms with van der Waals surface area (Å²) < 4.78 is 0. The molecular formula is C12H15N3O3. The van der Waals surface area contributed by atoms with Gasteiger partial charge in [-0.15, -0.1) is 0 Å². The number of aliphatic hydroxyl groups excluding tert-OH is 1. The number of rotatable bonds is 4. The Kier molecular flexibility index (Phi) is 3.88. The van der Waals surface area contributed by atoms with Crippen molar-refractivity contribution in [3.8, 4) is 0 Å². The summed E-state index contributed by atoms with van der Waals surface area (Å²) in [7, 11) is 0. The van der Waals surface area contributed by atoms with Gasteiger partial charge in [-0.25, -0.2) is 0 Å². The molecule has 6 heteroatoms. The fraction of sp³-hybridized carbons (Fsp3) is 0.417. The first kappa shape index (κ1) is 12.5. The lowest BCUT2D eigenvalue weighted by atomic mass is 10.1. The number of hydrogen-bond donors (Lipinski definition) is 2. The lowest BCUT2D eigenvalue weighted by molar-refractivity contribution is -0.142. The van der Waals surface area contributed by atoms with Gasteiger partial charge < -0.3 is 15.3 Å². The first-order valence-corrected chi connectivity index (χ1v) is 5.82. The number of nitrogens with one attached hydrogen (secondary N) is 1. The standard InChI is InChI=1S/C12H15N3O3/c16-8-14-10-4-2-6-15(10)12(18)11(17)9-3-1-5-13-7-9/h1,3,5,7-8,10-11,17H,2,4,6H2,(H,14,16). The maximum atomic E-state index is 12.1. The van der Waals surface area contributed by atoms with Crippen LogP contribution in [0.5, 0.6) is 0 Å². The number of aromatic nitrogens is 1. The summed E-state index contributed by atoms with van der Waals surface area (Å²) in [6, 6.07) is 3.31. The van der Waals surface area contributed by atoms with Crippen molar-refractivity contribution in [2.24, 2.45) is 0 Å². The number of hydrogen-bond acceptors (Lipinski definition) is 4. The van der Waals surface area contributed by atoms with Gasteiger partial charge in [0, 0.05) is 24.5 Å². The minimum atomic E-state index is -1.23. The molecule has 0 aromatic carbocycles. The number of carbonyl (C=O) groups is 2. The summed E-state index contributed by atoms with van der Waals surface area (Å²) in [6.07, 6.45) is 3.59. The predicted octanol–water partition coefficient (Wildman–Crippen LogP) is -0.191. The summed E-state index contributed by atoms with van der Waals surface area (Å²) in [6.45, 7) is 0.543. The zero-order valence-electron chi connectivity index (χ0n) is 9.82. The van der Waals surface area contributed by atoms with Gasteiger partial charge in [-0.2, -0.15) is 0 Å². The van der Waals surface area contributed by atoms with E-state index in [9.17, 15) is 14.7 Å². The summed E-state index contributed by atoms with van der Waals surface area (Å²) in [5, 5.41) is 12.6. The van der Waals surface area contributed by atoms with Crippen molar-refractivity contribution in [1.82, 2.24) is 15.2 Å². The van der Waals surface area contributed by atoms with E-state index in [-0.39, 0.29) is 6.17 Å². The fourth-order valence-electron chi connectivity index (χ4n) is 2.12. The third-order valence-corrected chi connectivity index (χ3v) is 3.03. The van der Waals surface area contributed by atoms with Crippen LogP contribution in [0, 0.1) is 0 Å². The molecule has 2 amide bonds. The van der Waals surface area contributed by atoms with E-state index in [1.165, 1.54) is 11.1 Å². The number of nitrogens with zero attached hydrogens (tertiary/aromatic N) is 2. The monoisotopic (exact) mass is 249 g/mol. The van der Waals surface area contributed by atoms with Gasteiger partial charge >= 0.3 is 0 Å². The molecule has 0 aliphatic carbocycles. The highest BCUT2D eigenvalue weighted by atomic mass is 16.3. The van der Waals surface area contributed by atoms with Gasteiger partial charge in [0.25, 0.3) is 5.91 Å². The maximum absolute atomic E-state index is 12.1. The van der Waals surface area contributed by atoms with Gasteiger partial charge in [0.2, 0.25) is 6.41 Å². The van der Waals surface area contributed by atoms with Crippen LogP contribution in [0.25, 0.3) is 0 Å². The van der Waals surface area contributed by atoms with E-state index in [1.54, 1.807) is 18.3 Å².